The fraction of sp³-hybridized carbons (Fsp3) is 0.467. The van der Waals surface area contributed by atoms with Crippen LogP contribution in [-0.2, 0) is 0 Å². The molecule has 1 aliphatic rings. The summed E-state index contributed by atoms with van der Waals surface area (Å²) in [5, 5.41) is 4.21. The van der Waals surface area contributed by atoms with Crippen LogP contribution in [0, 0.1) is 0 Å². The molecule has 2 nitrogen and oxygen atoms in total. The molecule has 1 aliphatic heterocycles. The number of rotatable bonds is 4. The smallest absolute Gasteiger partial charge is 0.0409 e. The highest BCUT2D eigenvalue weighted by Crippen LogP contribution is 2.29. The van der Waals surface area contributed by atoms with Crippen LogP contribution in [0.3, 0.4) is 0 Å². The zero-order valence-electron chi connectivity index (χ0n) is 11.0. The lowest BCUT2D eigenvalue weighted by atomic mass is 9.98. The Hall–Kier alpha value is -0.830. The molecule has 0 saturated carbocycles. The average Bonchev–Trinajstić information content (AvgIpc) is 2.37. The summed E-state index contributed by atoms with van der Waals surface area (Å²) in [5.74, 6) is 0. The number of piperazine rings is 1. The first-order valence-electron chi connectivity index (χ1n) is 6.51. The molecule has 0 unspecified atom stereocenters. The molecule has 0 spiro atoms. The minimum atomic E-state index is 0.406. The Bertz CT molecular complexity index is 411. The van der Waals surface area contributed by atoms with Crippen LogP contribution in [0.5, 0.6) is 0 Å². The van der Waals surface area contributed by atoms with Gasteiger partial charge in [0.1, 0.15) is 0 Å². The van der Waals surface area contributed by atoms with E-state index in [4.69, 9.17) is 11.6 Å². The highest BCUT2D eigenvalue weighted by molar-refractivity contribution is 6.30. The minimum absolute atomic E-state index is 0.406. The van der Waals surface area contributed by atoms with Crippen LogP contribution in [0.4, 0.5) is 0 Å². The number of nitrogens with one attached hydrogen (secondary N) is 1. The Morgan fingerprint density at radius 3 is 2.78 bits per heavy atom. The number of hydrogen-bond donors (Lipinski definition) is 1. The summed E-state index contributed by atoms with van der Waals surface area (Å²) in [7, 11) is 0. The molecule has 1 N–H and O–H groups in total. The first kappa shape index (κ1) is 13.6. The Morgan fingerprint density at radius 1 is 1.44 bits per heavy atom. The van der Waals surface area contributed by atoms with Gasteiger partial charge in [0.05, 0.1) is 0 Å². The van der Waals surface area contributed by atoms with Gasteiger partial charge >= 0.3 is 0 Å². The van der Waals surface area contributed by atoms with Crippen molar-refractivity contribution in [3.8, 4) is 0 Å². The maximum Gasteiger partial charge on any atom is 0.0409 e. The first-order chi connectivity index (χ1) is 8.66. The second-order valence-electron chi connectivity index (χ2n) is 5.02. The van der Waals surface area contributed by atoms with Gasteiger partial charge in [0.25, 0.3) is 0 Å². The highest BCUT2D eigenvalue weighted by atomic mass is 35.5. The van der Waals surface area contributed by atoms with E-state index in [0.29, 0.717) is 6.04 Å². The van der Waals surface area contributed by atoms with Gasteiger partial charge in [-0.05, 0) is 31.0 Å². The normalized spacial score (nSPS) is 18.6. The molecular weight excluding hydrogens is 244 g/mol. The molecule has 1 aromatic carbocycles. The zero-order chi connectivity index (χ0) is 13.0. The topological polar surface area (TPSA) is 15.3 Å². The minimum Gasteiger partial charge on any atom is -0.314 e. The maximum atomic E-state index is 6.11. The second kappa shape index (κ2) is 6.37. The van der Waals surface area contributed by atoms with E-state index in [1.807, 2.05) is 12.1 Å². The molecule has 98 valence electrons. The van der Waals surface area contributed by atoms with Gasteiger partial charge in [0.2, 0.25) is 0 Å². The summed E-state index contributed by atoms with van der Waals surface area (Å²) in [6, 6.07) is 8.62. The summed E-state index contributed by atoms with van der Waals surface area (Å²) in [6.07, 6.45) is 1.00. The third kappa shape index (κ3) is 3.58. The predicted molar refractivity (Wildman–Crippen MR) is 78.1 cm³/mol. The van der Waals surface area contributed by atoms with E-state index < -0.39 is 0 Å². The average molecular weight is 265 g/mol. The molecule has 1 fully saturated rings. The summed E-state index contributed by atoms with van der Waals surface area (Å²) in [6.45, 7) is 10.5. The molecule has 1 atom stereocenters. The van der Waals surface area contributed by atoms with Crippen molar-refractivity contribution in [1.82, 2.24) is 10.2 Å². The Morgan fingerprint density at radius 2 is 2.17 bits per heavy atom. The molecule has 1 heterocycles. The van der Waals surface area contributed by atoms with Crippen LogP contribution in [0.15, 0.2) is 36.4 Å². The van der Waals surface area contributed by atoms with E-state index in [-0.39, 0.29) is 0 Å². The van der Waals surface area contributed by atoms with Crippen molar-refractivity contribution in [2.24, 2.45) is 0 Å². The fourth-order valence-corrected chi connectivity index (χ4v) is 2.69. The first-order valence-corrected chi connectivity index (χ1v) is 6.89. The van der Waals surface area contributed by atoms with E-state index in [0.717, 1.165) is 37.6 Å². The molecular formula is C15H21ClN2. The fourth-order valence-electron chi connectivity index (χ4n) is 2.50. The van der Waals surface area contributed by atoms with Crippen LogP contribution in [0.25, 0.3) is 0 Å². The molecule has 0 bridgehead atoms. The Balaban J connectivity index is 2.20. The van der Waals surface area contributed by atoms with Crippen LogP contribution >= 0.6 is 11.6 Å². The van der Waals surface area contributed by atoms with Gasteiger partial charge in [-0.3, -0.25) is 4.90 Å². The summed E-state index contributed by atoms with van der Waals surface area (Å²) < 4.78 is 0. The standard InChI is InChI=1S/C15H21ClN2/c1-12(2)10-15(18-8-6-17-7-9-18)13-4-3-5-14(16)11-13/h3-5,11,15,17H,1,6-10H2,2H3/t15-/m1/s1. The maximum absolute atomic E-state index is 6.11. The number of benzene rings is 1. The van der Waals surface area contributed by atoms with E-state index in [1.165, 1.54) is 11.1 Å². The van der Waals surface area contributed by atoms with Crippen LogP contribution in [0.1, 0.15) is 24.9 Å². The van der Waals surface area contributed by atoms with Crippen molar-refractivity contribution >= 4 is 11.6 Å². The predicted octanol–water partition coefficient (Wildman–Crippen LogP) is 3.25. The third-order valence-electron chi connectivity index (χ3n) is 3.37. The van der Waals surface area contributed by atoms with E-state index in [2.05, 4.69) is 35.9 Å². The van der Waals surface area contributed by atoms with E-state index >= 15 is 0 Å². The van der Waals surface area contributed by atoms with E-state index in [1.54, 1.807) is 0 Å². The lowest BCUT2D eigenvalue weighted by molar-refractivity contribution is 0.172. The van der Waals surface area contributed by atoms with E-state index in [9.17, 15) is 0 Å². The summed E-state index contributed by atoms with van der Waals surface area (Å²) >= 11 is 6.11. The van der Waals surface area contributed by atoms with Crippen LogP contribution in [-0.4, -0.2) is 31.1 Å². The van der Waals surface area contributed by atoms with Gasteiger partial charge in [0, 0.05) is 37.2 Å². The van der Waals surface area contributed by atoms with Crippen LogP contribution < -0.4 is 5.32 Å². The van der Waals surface area contributed by atoms with Gasteiger partial charge in [-0.2, -0.15) is 0 Å². The molecule has 0 radical (unpaired) electrons. The van der Waals surface area contributed by atoms with Gasteiger partial charge in [-0.25, -0.2) is 0 Å². The quantitative estimate of drug-likeness (QED) is 0.840. The van der Waals surface area contributed by atoms with Gasteiger partial charge in [-0.1, -0.05) is 29.3 Å². The Kier molecular flexibility index (Phi) is 4.81. The van der Waals surface area contributed by atoms with Crippen molar-refractivity contribution in [3.05, 3.63) is 47.0 Å². The van der Waals surface area contributed by atoms with Gasteiger partial charge in [-0.15, -0.1) is 6.58 Å². The van der Waals surface area contributed by atoms with Gasteiger partial charge < -0.3 is 5.32 Å². The Labute approximate surface area is 115 Å². The SMILES string of the molecule is C=C(C)C[C@H](c1cccc(Cl)c1)N1CCNCC1. The largest absolute Gasteiger partial charge is 0.314 e. The highest BCUT2D eigenvalue weighted by Gasteiger charge is 2.22. The molecule has 18 heavy (non-hydrogen) atoms. The molecule has 1 aromatic rings. The number of hydrogen-bond acceptors (Lipinski definition) is 2. The molecule has 1 saturated heterocycles. The van der Waals surface area contributed by atoms with Crippen molar-refractivity contribution in [2.75, 3.05) is 26.2 Å². The van der Waals surface area contributed by atoms with Crippen molar-refractivity contribution in [3.63, 3.8) is 0 Å². The summed E-state index contributed by atoms with van der Waals surface area (Å²) in [4.78, 5) is 2.52. The summed E-state index contributed by atoms with van der Waals surface area (Å²) in [5.41, 5.74) is 2.52. The molecule has 0 amide bonds. The lowest BCUT2D eigenvalue weighted by Gasteiger charge is -2.35. The van der Waals surface area contributed by atoms with Crippen molar-refractivity contribution < 1.29 is 0 Å². The third-order valence-corrected chi connectivity index (χ3v) is 3.60. The van der Waals surface area contributed by atoms with Gasteiger partial charge in [0.15, 0.2) is 0 Å². The lowest BCUT2D eigenvalue weighted by Crippen LogP contribution is -2.45. The molecule has 2 rings (SSSR count). The van der Waals surface area contributed by atoms with Crippen LogP contribution in [0.2, 0.25) is 5.02 Å². The molecule has 0 aromatic heterocycles. The zero-order valence-corrected chi connectivity index (χ0v) is 11.7. The van der Waals surface area contributed by atoms with Crippen molar-refractivity contribution in [1.29, 1.82) is 0 Å². The van der Waals surface area contributed by atoms with Crippen molar-refractivity contribution in [2.45, 2.75) is 19.4 Å². The monoisotopic (exact) mass is 264 g/mol. The number of halogens is 1. The molecule has 0 aliphatic carbocycles. The number of nitrogens with zero attached hydrogens (tertiary/aromatic N) is 1. The molecule has 3 heteroatoms. The second-order valence-corrected chi connectivity index (χ2v) is 5.45.